The largest absolute Gasteiger partial charge is 0.378 e. The summed E-state index contributed by atoms with van der Waals surface area (Å²) in [5.74, 6) is -0.149. The lowest BCUT2D eigenvalue weighted by Gasteiger charge is -2.09. The zero-order chi connectivity index (χ0) is 21.3. The molecule has 0 aromatic carbocycles. The lowest BCUT2D eigenvalue weighted by molar-refractivity contribution is -0.126. The van der Waals surface area contributed by atoms with Gasteiger partial charge in [-0.3, -0.25) is 4.79 Å². The van der Waals surface area contributed by atoms with Gasteiger partial charge in [-0.2, -0.15) is 0 Å². The van der Waals surface area contributed by atoms with Crippen LogP contribution in [0, 0.1) is 0 Å². The first kappa shape index (κ1) is 28.2. The Balaban J connectivity index is 3.13. The number of ether oxygens (including phenoxy) is 4. The van der Waals surface area contributed by atoms with Crippen LogP contribution in [-0.4, -0.2) is 98.0 Å². The molecule has 0 bridgehead atoms. The average Bonchev–Trinajstić information content (AvgIpc) is 2.72. The maximum Gasteiger partial charge on any atom is 0.246 e. The molecule has 0 fully saturated rings. The molecule has 0 aliphatic heterocycles. The van der Waals surface area contributed by atoms with Crippen molar-refractivity contribution in [3.05, 3.63) is 0 Å². The van der Waals surface area contributed by atoms with Gasteiger partial charge in [0.15, 0.2) is 0 Å². The molecule has 0 aliphatic rings. The van der Waals surface area contributed by atoms with Gasteiger partial charge < -0.3 is 40.6 Å². The van der Waals surface area contributed by atoms with E-state index in [-0.39, 0.29) is 12.5 Å². The molecule has 0 saturated carbocycles. The molecule has 0 atom stereocenters. The molecule has 0 heterocycles. The molecule has 29 heavy (non-hydrogen) atoms. The van der Waals surface area contributed by atoms with Crippen molar-refractivity contribution in [2.75, 3.05) is 92.1 Å². The predicted octanol–water partition coefficient (Wildman–Crippen LogP) is -0.113. The molecule has 9 nitrogen and oxygen atoms in total. The number of amides is 1. The van der Waals surface area contributed by atoms with E-state index in [2.05, 4.69) is 22.9 Å². The van der Waals surface area contributed by atoms with E-state index in [1.807, 2.05) is 0 Å². The van der Waals surface area contributed by atoms with Crippen molar-refractivity contribution < 1.29 is 23.7 Å². The van der Waals surface area contributed by atoms with Crippen LogP contribution in [0.25, 0.3) is 0 Å². The van der Waals surface area contributed by atoms with Crippen LogP contribution in [-0.2, 0) is 23.7 Å². The molecule has 0 aromatic rings. The molecule has 0 aliphatic carbocycles. The average molecular weight is 421 g/mol. The molecule has 0 saturated heterocycles. The topological polar surface area (TPSA) is 116 Å². The van der Waals surface area contributed by atoms with Crippen LogP contribution < -0.4 is 21.7 Å². The second kappa shape index (κ2) is 25.2. The molecule has 0 radical (unpaired) electrons. The molecule has 0 rings (SSSR count). The lowest BCUT2D eigenvalue weighted by Crippen LogP contribution is -2.31. The number of hydrogen-bond acceptors (Lipinski definition) is 8. The highest BCUT2D eigenvalue weighted by atomic mass is 16.5. The van der Waals surface area contributed by atoms with Gasteiger partial charge >= 0.3 is 0 Å². The molecule has 1 amide bonds. The molecule has 174 valence electrons. The fourth-order valence-corrected chi connectivity index (χ4v) is 2.26. The number of nitrogens with two attached hydrogens (primary N) is 1. The van der Waals surface area contributed by atoms with Crippen LogP contribution in [0.3, 0.4) is 0 Å². The zero-order valence-electron chi connectivity index (χ0n) is 18.3. The van der Waals surface area contributed by atoms with Crippen LogP contribution >= 0.6 is 0 Å². The van der Waals surface area contributed by atoms with Crippen molar-refractivity contribution in [2.45, 2.75) is 32.6 Å². The van der Waals surface area contributed by atoms with E-state index in [4.69, 9.17) is 24.7 Å². The SMILES string of the molecule is CCCCNCCOCCOCCNC(=O)COCCOCCNCCCCN. The van der Waals surface area contributed by atoms with E-state index in [1.54, 1.807) is 0 Å². The minimum absolute atomic E-state index is 0.0365. The first-order chi connectivity index (χ1) is 14.3. The summed E-state index contributed by atoms with van der Waals surface area (Å²) in [5.41, 5.74) is 5.43. The minimum atomic E-state index is -0.149. The number of carbonyl (C=O) groups is 1. The smallest absolute Gasteiger partial charge is 0.246 e. The van der Waals surface area contributed by atoms with Gasteiger partial charge in [-0.15, -0.1) is 0 Å². The third-order valence-corrected chi connectivity index (χ3v) is 3.91. The van der Waals surface area contributed by atoms with Gasteiger partial charge in [0.05, 0.1) is 46.2 Å². The van der Waals surface area contributed by atoms with Crippen LogP contribution in [0.15, 0.2) is 0 Å². The predicted molar refractivity (Wildman–Crippen MR) is 115 cm³/mol. The Labute approximate surface area is 176 Å². The first-order valence-electron chi connectivity index (χ1n) is 11.0. The quantitative estimate of drug-likeness (QED) is 0.160. The van der Waals surface area contributed by atoms with E-state index in [1.165, 1.54) is 12.8 Å². The Morgan fingerprint density at radius 3 is 1.83 bits per heavy atom. The summed E-state index contributed by atoms with van der Waals surface area (Å²) in [4.78, 5) is 11.6. The Bertz CT molecular complexity index is 338. The molecular formula is C20H44N4O5. The number of rotatable bonds is 24. The van der Waals surface area contributed by atoms with Gasteiger partial charge in [0.25, 0.3) is 0 Å². The summed E-state index contributed by atoms with van der Waals surface area (Å²) in [6, 6.07) is 0. The molecule has 0 aromatic heterocycles. The highest BCUT2D eigenvalue weighted by Gasteiger charge is 2.00. The van der Waals surface area contributed by atoms with Crippen molar-refractivity contribution in [1.82, 2.24) is 16.0 Å². The Morgan fingerprint density at radius 2 is 1.24 bits per heavy atom. The third-order valence-electron chi connectivity index (χ3n) is 3.91. The molecule has 0 spiro atoms. The normalized spacial score (nSPS) is 11.1. The monoisotopic (exact) mass is 420 g/mol. The number of nitrogens with one attached hydrogen (secondary N) is 3. The van der Waals surface area contributed by atoms with Crippen molar-refractivity contribution in [1.29, 1.82) is 0 Å². The summed E-state index contributed by atoms with van der Waals surface area (Å²) in [5, 5.41) is 9.34. The zero-order valence-corrected chi connectivity index (χ0v) is 18.3. The summed E-state index contributed by atoms with van der Waals surface area (Å²) in [7, 11) is 0. The third kappa shape index (κ3) is 25.2. The van der Waals surface area contributed by atoms with Crippen LogP contribution in [0.5, 0.6) is 0 Å². The Hall–Kier alpha value is -0.810. The second-order valence-electron chi connectivity index (χ2n) is 6.59. The number of unbranched alkanes of at least 4 members (excludes halogenated alkanes) is 2. The highest BCUT2D eigenvalue weighted by Crippen LogP contribution is 1.84. The molecular weight excluding hydrogens is 376 g/mol. The van der Waals surface area contributed by atoms with Crippen molar-refractivity contribution in [3.8, 4) is 0 Å². The second-order valence-corrected chi connectivity index (χ2v) is 6.59. The Morgan fingerprint density at radius 1 is 0.690 bits per heavy atom. The van der Waals surface area contributed by atoms with Gasteiger partial charge in [-0.05, 0) is 38.9 Å². The van der Waals surface area contributed by atoms with Gasteiger partial charge in [0, 0.05) is 19.6 Å². The van der Waals surface area contributed by atoms with Crippen molar-refractivity contribution in [2.24, 2.45) is 5.73 Å². The summed E-state index contributed by atoms with van der Waals surface area (Å²) in [6.45, 7) is 10.9. The first-order valence-corrected chi connectivity index (χ1v) is 11.0. The van der Waals surface area contributed by atoms with Gasteiger partial charge in [0.1, 0.15) is 6.61 Å². The standard InChI is InChI=1S/C20H44N4O5/c1-2-3-7-22-9-12-26-15-16-28-14-11-24-20(25)19-29-18-17-27-13-10-23-8-5-4-6-21/h22-23H,2-19,21H2,1H3,(H,24,25). The van der Waals surface area contributed by atoms with Gasteiger partial charge in [-0.1, -0.05) is 13.3 Å². The molecule has 0 unspecified atom stereocenters. The summed E-state index contributed by atoms with van der Waals surface area (Å²) >= 11 is 0. The number of hydrogen-bond donors (Lipinski definition) is 4. The van der Waals surface area contributed by atoms with Gasteiger partial charge in [-0.25, -0.2) is 0 Å². The van der Waals surface area contributed by atoms with Crippen LogP contribution in [0.1, 0.15) is 32.6 Å². The lowest BCUT2D eigenvalue weighted by atomic mass is 10.3. The maximum atomic E-state index is 11.6. The molecule has 9 heteroatoms. The van der Waals surface area contributed by atoms with Crippen LogP contribution in [0.2, 0.25) is 0 Å². The highest BCUT2D eigenvalue weighted by molar-refractivity contribution is 5.77. The Kier molecular flexibility index (Phi) is 24.5. The minimum Gasteiger partial charge on any atom is -0.378 e. The summed E-state index contributed by atoms with van der Waals surface area (Å²) in [6.07, 6.45) is 4.53. The summed E-state index contributed by atoms with van der Waals surface area (Å²) < 4.78 is 21.6. The van der Waals surface area contributed by atoms with E-state index < -0.39 is 0 Å². The fourth-order valence-electron chi connectivity index (χ4n) is 2.26. The van der Waals surface area contributed by atoms with E-state index >= 15 is 0 Å². The van der Waals surface area contributed by atoms with E-state index in [9.17, 15) is 4.79 Å². The van der Waals surface area contributed by atoms with Gasteiger partial charge in [0.2, 0.25) is 5.91 Å². The number of carbonyl (C=O) groups excluding carboxylic acids is 1. The van der Waals surface area contributed by atoms with E-state index in [0.717, 1.165) is 45.6 Å². The maximum absolute atomic E-state index is 11.6. The fraction of sp³-hybridized carbons (Fsp3) is 0.950. The molecule has 5 N–H and O–H groups in total. The van der Waals surface area contributed by atoms with Crippen molar-refractivity contribution >= 4 is 5.91 Å². The van der Waals surface area contributed by atoms with Crippen LogP contribution in [0.4, 0.5) is 0 Å². The van der Waals surface area contributed by atoms with Crippen molar-refractivity contribution in [3.63, 3.8) is 0 Å². The van der Waals surface area contributed by atoms with E-state index in [0.29, 0.717) is 52.8 Å².